The Labute approximate surface area is 157 Å². The quantitative estimate of drug-likeness (QED) is 0.757. The summed E-state index contributed by atoms with van der Waals surface area (Å²) < 4.78 is 10.3. The average molecular weight is 366 g/mol. The molecule has 0 aliphatic rings. The Kier molecular flexibility index (Phi) is 5.21. The lowest BCUT2D eigenvalue weighted by Crippen LogP contribution is -2.32. The molecule has 3 heterocycles. The number of hydrogen-bond acceptors (Lipinski definition) is 6. The second kappa shape index (κ2) is 7.57. The lowest BCUT2D eigenvalue weighted by Gasteiger charge is -2.19. The van der Waals surface area contributed by atoms with Gasteiger partial charge in [-0.25, -0.2) is 14.8 Å². The van der Waals surface area contributed by atoms with Crippen LogP contribution in [0.15, 0.2) is 42.7 Å². The molecular weight excluding hydrogens is 344 g/mol. The molecule has 7 heteroatoms. The molecule has 3 aromatic rings. The van der Waals surface area contributed by atoms with Crippen LogP contribution in [0.2, 0.25) is 0 Å². The van der Waals surface area contributed by atoms with Gasteiger partial charge >= 0.3 is 6.09 Å². The minimum absolute atomic E-state index is 0.265. The van der Waals surface area contributed by atoms with Gasteiger partial charge < -0.3 is 14.8 Å². The zero-order valence-corrected chi connectivity index (χ0v) is 15.8. The third kappa shape index (κ3) is 4.91. The summed E-state index contributed by atoms with van der Waals surface area (Å²) in [6.45, 7) is 5.72. The second-order valence-corrected chi connectivity index (χ2v) is 7.01. The van der Waals surface area contributed by atoms with Crippen molar-refractivity contribution in [2.24, 2.45) is 0 Å². The normalized spacial score (nSPS) is 11.3. The van der Waals surface area contributed by atoms with Gasteiger partial charge in [-0.3, -0.25) is 4.98 Å². The first kappa shape index (κ1) is 18.6. The minimum atomic E-state index is -0.538. The Bertz CT molecular complexity index is 950. The monoisotopic (exact) mass is 366 g/mol. The van der Waals surface area contributed by atoms with E-state index in [1.165, 1.54) is 0 Å². The van der Waals surface area contributed by atoms with Crippen molar-refractivity contribution in [3.05, 3.63) is 48.4 Å². The van der Waals surface area contributed by atoms with Crippen molar-refractivity contribution >= 4 is 17.0 Å². The number of pyridine rings is 3. The first-order chi connectivity index (χ1) is 12.8. The van der Waals surface area contributed by atoms with Crippen LogP contribution in [0.5, 0.6) is 5.88 Å². The second-order valence-electron chi connectivity index (χ2n) is 7.01. The molecule has 0 aliphatic heterocycles. The fourth-order valence-electron chi connectivity index (χ4n) is 2.44. The van der Waals surface area contributed by atoms with E-state index < -0.39 is 11.7 Å². The summed E-state index contributed by atoms with van der Waals surface area (Å²) in [6, 6.07) is 9.44. The van der Waals surface area contributed by atoms with Gasteiger partial charge in [-0.05, 0) is 45.0 Å². The van der Waals surface area contributed by atoms with Gasteiger partial charge in [0.1, 0.15) is 5.60 Å². The van der Waals surface area contributed by atoms with E-state index in [1.807, 2.05) is 45.0 Å². The molecule has 0 saturated heterocycles. The Balaban J connectivity index is 1.78. The topological polar surface area (TPSA) is 86.2 Å². The fraction of sp³-hybridized carbons (Fsp3) is 0.300. The highest BCUT2D eigenvalue weighted by Gasteiger charge is 2.16. The van der Waals surface area contributed by atoms with E-state index >= 15 is 0 Å². The molecule has 1 N–H and O–H groups in total. The minimum Gasteiger partial charge on any atom is -0.481 e. The van der Waals surface area contributed by atoms with Gasteiger partial charge in [0.2, 0.25) is 5.88 Å². The number of rotatable bonds is 4. The van der Waals surface area contributed by atoms with E-state index in [9.17, 15) is 4.79 Å². The standard InChI is InChI=1S/C20H22N4O3/c1-20(2,3)27-19(25)23-12-15-9-17-14(10-21-15)5-7-16(24-17)13-6-8-18(26-4)22-11-13/h5-11H,12H2,1-4H3,(H,23,25). The van der Waals surface area contributed by atoms with Gasteiger partial charge in [0.05, 0.1) is 30.6 Å². The summed E-state index contributed by atoms with van der Waals surface area (Å²) in [5.74, 6) is 0.555. The largest absolute Gasteiger partial charge is 0.481 e. The summed E-state index contributed by atoms with van der Waals surface area (Å²) >= 11 is 0. The van der Waals surface area contributed by atoms with Crippen molar-refractivity contribution < 1.29 is 14.3 Å². The van der Waals surface area contributed by atoms with Crippen LogP contribution in [0, 0.1) is 0 Å². The van der Waals surface area contributed by atoms with E-state index in [0.29, 0.717) is 11.6 Å². The molecule has 0 atom stereocenters. The van der Waals surface area contributed by atoms with Crippen LogP contribution in [0.1, 0.15) is 26.5 Å². The molecular formula is C20H22N4O3. The molecule has 3 aromatic heterocycles. The lowest BCUT2D eigenvalue weighted by atomic mass is 10.1. The summed E-state index contributed by atoms with van der Waals surface area (Å²) in [4.78, 5) is 25.1. The fourth-order valence-corrected chi connectivity index (χ4v) is 2.44. The van der Waals surface area contributed by atoms with Gasteiger partial charge in [0, 0.05) is 29.4 Å². The Hall–Kier alpha value is -3.22. The number of fused-ring (bicyclic) bond motifs is 1. The number of carbonyl (C=O) groups is 1. The highest BCUT2D eigenvalue weighted by molar-refractivity contribution is 5.81. The van der Waals surface area contributed by atoms with Crippen molar-refractivity contribution in [1.29, 1.82) is 0 Å². The van der Waals surface area contributed by atoms with Gasteiger partial charge in [0.25, 0.3) is 0 Å². The predicted molar refractivity (Wildman–Crippen MR) is 102 cm³/mol. The summed E-state index contributed by atoms with van der Waals surface area (Å²) in [5.41, 5.74) is 2.65. The molecule has 0 spiro atoms. The van der Waals surface area contributed by atoms with Crippen molar-refractivity contribution in [3.63, 3.8) is 0 Å². The molecule has 3 rings (SSSR count). The van der Waals surface area contributed by atoms with E-state index in [2.05, 4.69) is 20.3 Å². The molecule has 0 unspecified atom stereocenters. The number of nitrogens with one attached hydrogen (secondary N) is 1. The molecule has 140 valence electrons. The van der Waals surface area contributed by atoms with Crippen LogP contribution in [-0.2, 0) is 11.3 Å². The summed E-state index contributed by atoms with van der Waals surface area (Å²) in [6.07, 6.45) is 2.99. The van der Waals surface area contributed by atoms with E-state index in [4.69, 9.17) is 9.47 Å². The van der Waals surface area contributed by atoms with Crippen LogP contribution in [-0.4, -0.2) is 33.8 Å². The number of carbonyl (C=O) groups excluding carboxylic acids is 1. The molecule has 0 fully saturated rings. The molecule has 0 aromatic carbocycles. The van der Waals surface area contributed by atoms with Crippen LogP contribution in [0.3, 0.4) is 0 Å². The number of nitrogens with zero attached hydrogens (tertiary/aromatic N) is 3. The summed E-state index contributed by atoms with van der Waals surface area (Å²) in [5, 5.41) is 3.62. The highest BCUT2D eigenvalue weighted by atomic mass is 16.6. The summed E-state index contributed by atoms with van der Waals surface area (Å²) in [7, 11) is 1.58. The van der Waals surface area contributed by atoms with Crippen LogP contribution in [0.25, 0.3) is 22.2 Å². The first-order valence-corrected chi connectivity index (χ1v) is 8.57. The van der Waals surface area contributed by atoms with Gasteiger partial charge in [-0.15, -0.1) is 0 Å². The molecule has 0 saturated carbocycles. The number of amides is 1. The number of methoxy groups -OCH3 is 1. The molecule has 7 nitrogen and oxygen atoms in total. The van der Waals surface area contributed by atoms with Gasteiger partial charge in [0.15, 0.2) is 0 Å². The molecule has 0 radical (unpaired) electrons. The maximum atomic E-state index is 11.8. The SMILES string of the molecule is COc1ccc(-c2ccc3cnc(CNC(=O)OC(C)(C)C)cc3n2)cn1. The van der Waals surface area contributed by atoms with E-state index in [-0.39, 0.29) is 6.54 Å². The third-order valence-corrected chi connectivity index (χ3v) is 3.68. The van der Waals surface area contributed by atoms with Crippen LogP contribution >= 0.6 is 0 Å². The number of hydrogen-bond donors (Lipinski definition) is 1. The third-order valence-electron chi connectivity index (χ3n) is 3.68. The molecule has 27 heavy (non-hydrogen) atoms. The average Bonchev–Trinajstić information content (AvgIpc) is 2.64. The van der Waals surface area contributed by atoms with Gasteiger partial charge in [-0.1, -0.05) is 0 Å². The van der Waals surface area contributed by atoms with Crippen LogP contribution in [0.4, 0.5) is 4.79 Å². The van der Waals surface area contributed by atoms with Gasteiger partial charge in [-0.2, -0.15) is 0 Å². The Morgan fingerprint density at radius 1 is 1.11 bits per heavy atom. The molecule has 0 aliphatic carbocycles. The van der Waals surface area contributed by atoms with Crippen LogP contribution < -0.4 is 10.1 Å². The Morgan fingerprint density at radius 3 is 2.59 bits per heavy atom. The predicted octanol–water partition coefficient (Wildman–Crippen LogP) is 3.73. The van der Waals surface area contributed by atoms with Crippen molar-refractivity contribution in [3.8, 4) is 17.1 Å². The smallest absolute Gasteiger partial charge is 0.407 e. The first-order valence-electron chi connectivity index (χ1n) is 8.57. The Morgan fingerprint density at radius 2 is 1.93 bits per heavy atom. The lowest BCUT2D eigenvalue weighted by molar-refractivity contribution is 0.0523. The van der Waals surface area contributed by atoms with E-state index in [1.54, 1.807) is 25.6 Å². The number of ether oxygens (including phenoxy) is 2. The zero-order valence-electron chi connectivity index (χ0n) is 15.8. The maximum absolute atomic E-state index is 11.8. The van der Waals surface area contributed by atoms with E-state index in [0.717, 1.165) is 22.2 Å². The maximum Gasteiger partial charge on any atom is 0.407 e. The van der Waals surface area contributed by atoms with Crippen molar-refractivity contribution in [1.82, 2.24) is 20.3 Å². The zero-order chi connectivity index (χ0) is 19.4. The number of alkyl carbamates (subject to hydrolysis) is 1. The highest BCUT2D eigenvalue weighted by Crippen LogP contribution is 2.22. The van der Waals surface area contributed by atoms with Crippen molar-refractivity contribution in [2.75, 3.05) is 7.11 Å². The molecule has 1 amide bonds. The number of aromatic nitrogens is 3. The van der Waals surface area contributed by atoms with Crippen molar-refractivity contribution in [2.45, 2.75) is 32.9 Å². The molecule has 0 bridgehead atoms.